The van der Waals surface area contributed by atoms with Crippen molar-refractivity contribution in [1.82, 2.24) is 9.55 Å². The van der Waals surface area contributed by atoms with Gasteiger partial charge >= 0.3 is 0 Å². The van der Waals surface area contributed by atoms with Crippen LogP contribution in [0.5, 0.6) is 0 Å². The zero-order valence-electron chi connectivity index (χ0n) is 12.3. The van der Waals surface area contributed by atoms with E-state index in [-0.39, 0.29) is 5.78 Å². The SMILES string of the molecule is O=C(/C(=C/c1ccc(Cl)c(Cl)c1)n1ccnc1)c1ccc(Cl)cc1. The molecule has 0 aliphatic heterocycles. The number of ketones is 1. The minimum absolute atomic E-state index is 0.157. The Labute approximate surface area is 154 Å². The minimum Gasteiger partial charge on any atom is -0.303 e. The molecular formula is C18H11Cl3N2O. The second-order valence-electron chi connectivity index (χ2n) is 5.01. The number of nitrogens with zero attached hydrogens (tertiary/aromatic N) is 2. The van der Waals surface area contributed by atoms with E-state index in [1.54, 1.807) is 71.8 Å². The van der Waals surface area contributed by atoms with Gasteiger partial charge in [-0.1, -0.05) is 40.9 Å². The van der Waals surface area contributed by atoms with E-state index in [9.17, 15) is 4.79 Å². The number of carbonyl (C=O) groups excluding carboxylic acids is 1. The summed E-state index contributed by atoms with van der Waals surface area (Å²) < 4.78 is 1.65. The molecule has 24 heavy (non-hydrogen) atoms. The van der Waals surface area contributed by atoms with Gasteiger partial charge in [0.2, 0.25) is 5.78 Å². The van der Waals surface area contributed by atoms with Crippen LogP contribution >= 0.6 is 34.8 Å². The molecule has 0 bridgehead atoms. The van der Waals surface area contributed by atoms with E-state index in [2.05, 4.69) is 4.98 Å². The Morgan fingerprint density at radius 2 is 1.75 bits per heavy atom. The number of allylic oxidation sites excluding steroid dienone is 1. The van der Waals surface area contributed by atoms with Crippen molar-refractivity contribution < 1.29 is 4.79 Å². The Balaban J connectivity index is 2.06. The van der Waals surface area contributed by atoms with Gasteiger partial charge in [0, 0.05) is 23.0 Å². The van der Waals surface area contributed by atoms with Crippen molar-refractivity contribution in [3.05, 3.63) is 87.4 Å². The Morgan fingerprint density at radius 3 is 2.38 bits per heavy atom. The van der Waals surface area contributed by atoms with Crippen LogP contribution in [0, 0.1) is 0 Å². The second-order valence-corrected chi connectivity index (χ2v) is 6.26. The summed E-state index contributed by atoms with van der Waals surface area (Å²) in [5.41, 5.74) is 1.73. The van der Waals surface area contributed by atoms with Crippen LogP contribution in [-0.4, -0.2) is 15.3 Å². The smallest absolute Gasteiger partial charge is 0.209 e. The highest BCUT2D eigenvalue weighted by Crippen LogP contribution is 2.25. The molecule has 0 fully saturated rings. The monoisotopic (exact) mass is 376 g/mol. The van der Waals surface area contributed by atoms with Gasteiger partial charge in [0.25, 0.3) is 0 Å². The van der Waals surface area contributed by atoms with Gasteiger partial charge < -0.3 is 4.57 Å². The van der Waals surface area contributed by atoms with Crippen molar-refractivity contribution in [2.24, 2.45) is 0 Å². The number of aromatic nitrogens is 2. The summed E-state index contributed by atoms with van der Waals surface area (Å²) in [5, 5.41) is 1.46. The predicted octanol–water partition coefficient (Wildman–Crippen LogP) is 5.72. The van der Waals surface area contributed by atoms with Crippen LogP contribution in [0.2, 0.25) is 15.1 Å². The maximum Gasteiger partial charge on any atom is 0.209 e. The van der Waals surface area contributed by atoms with Gasteiger partial charge in [-0.25, -0.2) is 4.98 Å². The molecule has 0 spiro atoms. The number of carbonyl (C=O) groups is 1. The van der Waals surface area contributed by atoms with Crippen LogP contribution in [0.25, 0.3) is 11.8 Å². The first kappa shape index (κ1) is 16.8. The summed E-state index contributed by atoms with van der Waals surface area (Å²) in [7, 11) is 0. The third kappa shape index (κ3) is 3.70. The first-order valence-electron chi connectivity index (χ1n) is 7.00. The highest BCUT2D eigenvalue weighted by molar-refractivity contribution is 6.42. The number of hydrogen-bond acceptors (Lipinski definition) is 2. The van der Waals surface area contributed by atoms with Gasteiger partial charge in [-0.3, -0.25) is 4.79 Å². The lowest BCUT2D eigenvalue weighted by molar-refractivity contribution is 0.105. The molecule has 3 rings (SSSR count). The highest BCUT2D eigenvalue weighted by Gasteiger charge is 2.14. The predicted molar refractivity (Wildman–Crippen MR) is 98.6 cm³/mol. The fourth-order valence-electron chi connectivity index (χ4n) is 2.17. The van der Waals surface area contributed by atoms with Crippen LogP contribution in [0.4, 0.5) is 0 Å². The largest absolute Gasteiger partial charge is 0.303 e. The molecule has 0 amide bonds. The summed E-state index contributed by atoms with van der Waals surface area (Å²) in [6.07, 6.45) is 6.62. The van der Waals surface area contributed by atoms with Crippen LogP contribution in [0.3, 0.4) is 0 Å². The maximum atomic E-state index is 12.9. The Hall–Kier alpha value is -2.07. The molecule has 0 aliphatic carbocycles. The topological polar surface area (TPSA) is 34.9 Å². The molecule has 3 aromatic rings. The summed E-state index contributed by atoms with van der Waals surface area (Å²) in [6, 6.07) is 11.9. The van der Waals surface area contributed by atoms with Crippen molar-refractivity contribution >= 4 is 52.4 Å². The van der Waals surface area contributed by atoms with Gasteiger partial charge in [-0.15, -0.1) is 0 Å². The van der Waals surface area contributed by atoms with Crippen molar-refractivity contribution in [3.63, 3.8) is 0 Å². The standard InChI is InChI=1S/C18H11Cl3N2O/c19-14-4-2-13(3-5-14)18(24)17(23-8-7-22-11-23)10-12-1-6-15(20)16(21)9-12/h1-11H/b17-10-. The number of benzene rings is 2. The van der Waals surface area contributed by atoms with Crippen LogP contribution in [-0.2, 0) is 0 Å². The average molecular weight is 378 g/mol. The Kier molecular flexibility index (Phi) is 5.05. The van der Waals surface area contributed by atoms with Gasteiger partial charge in [-0.2, -0.15) is 0 Å². The average Bonchev–Trinajstić information content (AvgIpc) is 3.10. The fourth-order valence-corrected chi connectivity index (χ4v) is 2.60. The normalized spacial score (nSPS) is 11.5. The van der Waals surface area contributed by atoms with E-state index >= 15 is 0 Å². The lowest BCUT2D eigenvalue weighted by Gasteiger charge is -2.09. The van der Waals surface area contributed by atoms with Crippen LogP contribution in [0.15, 0.2) is 61.2 Å². The van der Waals surface area contributed by atoms with Crippen LogP contribution < -0.4 is 0 Å². The molecule has 120 valence electrons. The van der Waals surface area contributed by atoms with Crippen molar-refractivity contribution in [1.29, 1.82) is 0 Å². The third-order valence-corrected chi connectivity index (χ3v) is 4.36. The first-order valence-corrected chi connectivity index (χ1v) is 8.13. The number of hydrogen-bond donors (Lipinski definition) is 0. The van der Waals surface area contributed by atoms with E-state index in [0.717, 1.165) is 5.56 Å². The number of halogens is 3. The molecule has 0 unspecified atom stereocenters. The molecule has 0 saturated heterocycles. The molecule has 0 saturated carbocycles. The summed E-state index contributed by atoms with van der Waals surface area (Å²) in [5.74, 6) is -0.157. The fraction of sp³-hybridized carbons (Fsp3) is 0. The molecular weight excluding hydrogens is 367 g/mol. The summed E-state index contributed by atoms with van der Waals surface area (Å²) >= 11 is 17.9. The zero-order chi connectivity index (χ0) is 17.1. The van der Waals surface area contributed by atoms with E-state index in [1.165, 1.54) is 0 Å². The molecule has 3 nitrogen and oxygen atoms in total. The second kappa shape index (κ2) is 7.22. The highest BCUT2D eigenvalue weighted by atomic mass is 35.5. The molecule has 0 N–H and O–H groups in total. The summed E-state index contributed by atoms with van der Waals surface area (Å²) in [4.78, 5) is 16.9. The molecule has 1 heterocycles. The zero-order valence-corrected chi connectivity index (χ0v) is 14.6. The van der Waals surface area contributed by atoms with Crippen molar-refractivity contribution in [2.75, 3.05) is 0 Å². The van der Waals surface area contributed by atoms with E-state index in [1.807, 2.05) is 0 Å². The van der Waals surface area contributed by atoms with E-state index in [0.29, 0.717) is 26.3 Å². The first-order chi connectivity index (χ1) is 11.5. The van der Waals surface area contributed by atoms with Gasteiger partial charge in [0.05, 0.1) is 22.1 Å². The third-order valence-electron chi connectivity index (χ3n) is 3.37. The molecule has 0 radical (unpaired) electrons. The Morgan fingerprint density at radius 1 is 1.00 bits per heavy atom. The van der Waals surface area contributed by atoms with E-state index < -0.39 is 0 Å². The molecule has 2 aromatic carbocycles. The van der Waals surface area contributed by atoms with Crippen molar-refractivity contribution in [3.8, 4) is 0 Å². The summed E-state index contributed by atoms with van der Waals surface area (Å²) in [6.45, 7) is 0. The number of imidazole rings is 1. The van der Waals surface area contributed by atoms with Gasteiger partial charge in [0.1, 0.15) is 0 Å². The quantitative estimate of drug-likeness (QED) is 0.430. The van der Waals surface area contributed by atoms with E-state index in [4.69, 9.17) is 34.8 Å². The maximum absolute atomic E-state index is 12.9. The van der Waals surface area contributed by atoms with Gasteiger partial charge in [0.15, 0.2) is 0 Å². The molecule has 0 atom stereocenters. The molecule has 0 aliphatic rings. The lowest BCUT2D eigenvalue weighted by atomic mass is 10.1. The molecule has 1 aromatic heterocycles. The van der Waals surface area contributed by atoms with Crippen molar-refractivity contribution in [2.45, 2.75) is 0 Å². The van der Waals surface area contributed by atoms with Gasteiger partial charge in [-0.05, 0) is 48.0 Å². The molecule has 6 heteroatoms. The Bertz CT molecular complexity index is 901. The van der Waals surface area contributed by atoms with Crippen LogP contribution in [0.1, 0.15) is 15.9 Å². The lowest BCUT2D eigenvalue weighted by Crippen LogP contribution is -2.08. The number of Topliss-reactive ketones (excluding diaryl/α,β-unsaturated/α-hetero) is 1. The number of rotatable bonds is 4. The minimum atomic E-state index is -0.157.